The van der Waals surface area contributed by atoms with Crippen LogP contribution >= 0.6 is 10.7 Å². The Kier molecular flexibility index (Phi) is 9.10. The molecule has 2 N–H and O–H groups in total. The summed E-state index contributed by atoms with van der Waals surface area (Å²) in [6.45, 7) is 6.14. The molecule has 12 heteroatoms. The average Bonchev–Trinajstić information content (AvgIpc) is 3.39. The normalized spacial score (nSPS) is 13.5. The van der Waals surface area contributed by atoms with Gasteiger partial charge in [0, 0.05) is 23.7 Å². The van der Waals surface area contributed by atoms with Gasteiger partial charge in [-0.05, 0) is 50.0 Å². The van der Waals surface area contributed by atoms with Crippen LogP contribution in [0.2, 0.25) is 0 Å². The van der Waals surface area contributed by atoms with Gasteiger partial charge in [0.15, 0.2) is 5.82 Å². The number of methoxy groups -OCH3 is 3. The van der Waals surface area contributed by atoms with Crippen LogP contribution in [0.25, 0.3) is 17.2 Å². The average molecular weight is 551 g/mol. The van der Waals surface area contributed by atoms with E-state index in [1.807, 2.05) is 68.2 Å². The number of para-hydroxylation sites is 1. The molecule has 0 fully saturated rings. The second kappa shape index (κ2) is 12.7. The minimum absolute atomic E-state index is 0.0609. The summed E-state index contributed by atoms with van der Waals surface area (Å²) >= 11 is 0. The fraction of sp³-hybridized carbons (Fsp3) is 0.333. The lowest BCUT2D eigenvalue weighted by atomic mass is 10.2. The van der Waals surface area contributed by atoms with Crippen molar-refractivity contribution >= 4 is 22.0 Å². The minimum atomic E-state index is -0.481. The van der Waals surface area contributed by atoms with E-state index in [2.05, 4.69) is 47.5 Å². The second-order valence-electron chi connectivity index (χ2n) is 8.56. The van der Waals surface area contributed by atoms with E-state index < -0.39 is 10.7 Å². The summed E-state index contributed by atoms with van der Waals surface area (Å²) in [5.74, 6) is 3.38. The van der Waals surface area contributed by atoms with Crippen LogP contribution in [0.1, 0.15) is 31.3 Å². The first-order chi connectivity index (χ1) is 18.9. The first-order valence-corrected chi connectivity index (χ1v) is 13.7. The van der Waals surface area contributed by atoms with Crippen LogP contribution in [0, 0.1) is 6.92 Å². The summed E-state index contributed by atoms with van der Waals surface area (Å²) in [5.41, 5.74) is 2.24. The quantitative estimate of drug-likeness (QED) is 0.263. The van der Waals surface area contributed by atoms with Gasteiger partial charge in [-0.15, -0.1) is 10.2 Å². The molecule has 3 aromatic heterocycles. The van der Waals surface area contributed by atoms with Gasteiger partial charge >= 0.3 is 0 Å². The molecule has 4 rings (SSSR count). The van der Waals surface area contributed by atoms with Gasteiger partial charge in [0.2, 0.25) is 11.8 Å². The summed E-state index contributed by atoms with van der Waals surface area (Å²) < 4.78 is 22.3. The van der Waals surface area contributed by atoms with Crippen molar-refractivity contribution < 1.29 is 14.2 Å². The molecule has 11 nitrogen and oxygen atoms in total. The number of nitrogens with one attached hydrogen (secondary N) is 2. The Labute approximate surface area is 231 Å². The number of benzene rings is 1. The highest BCUT2D eigenvalue weighted by molar-refractivity contribution is 8.16. The van der Waals surface area contributed by atoms with E-state index in [4.69, 9.17) is 14.2 Å². The van der Waals surface area contributed by atoms with Crippen molar-refractivity contribution in [1.29, 1.82) is 0 Å². The van der Waals surface area contributed by atoms with E-state index >= 15 is 0 Å². The number of aromatic nitrogens is 6. The summed E-state index contributed by atoms with van der Waals surface area (Å²) in [6, 6.07) is 11.0. The van der Waals surface area contributed by atoms with Crippen molar-refractivity contribution in [2.75, 3.05) is 33.1 Å². The lowest BCUT2D eigenvalue weighted by molar-refractivity contribution is 0.391. The number of nitrogens with zero attached hydrogens (tertiary/aromatic N) is 6. The molecule has 39 heavy (non-hydrogen) atoms. The summed E-state index contributed by atoms with van der Waals surface area (Å²) in [5, 5.41) is 14.7. The van der Waals surface area contributed by atoms with Crippen molar-refractivity contribution in [2.24, 2.45) is 0 Å². The van der Waals surface area contributed by atoms with E-state index in [0.717, 1.165) is 11.4 Å². The number of pyridine rings is 1. The van der Waals surface area contributed by atoms with Crippen LogP contribution in [-0.2, 0) is 0 Å². The predicted molar refractivity (Wildman–Crippen MR) is 155 cm³/mol. The van der Waals surface area contributed by atoms with Crippen LogP contribution in [-0.4, -0.2) is 68.7 Å². The highest BCUT2D eigenvalue weighted by atomic mass is 32.2. The lowest BCUT2D eigenvalue weighted by Gasteiger charge is -2.27. The molecule has 0 bridgehead atoms. The van der Waals surface area contributed by atoms with Crippen molar-refractivity contribution in [3.8, 4) is 34.6 Å². The van der Waals surface area contributed by atoms with E-state index in [1.165, 1.54) is 0 Å². The first kappa shape index (κ1) is 28.0. The topological polar surface area (TPSA) is 121 Å². The Morgan fingerprint density at radius 3 is 2.21 bits per heavy atom. The van der Waals surface area contributed by atoms with Crippen LogP contribution in [0.15, 0.2) is 48.8 Å². The maximum absolute atomic E-state index is 5.74. The van der Waals surface area contributed by atoms with Gasteiger partial charge in [-0.1, -0.05) is 29.7 Å². The van der Waals surface area contributed by atoms with E-state index in [0.29, 0.717) is 40.5 Å². The molecule has 1 unspecified atom stereocenters. The Morgan fingerprint density at radius 1 is 0.949 bits per heavy atom. The highest BCUT2D eigenvalue weighted by Gasteiger charge is 2.27. The Morgan fingerprint density at radius 2 is 1.62 bits per heavy atom. The van der Waals surface area contributed by atoms with Gasteiger partial charge in [-0.25, -0.2) is 15.0 Å². The van der Waals surface area contributed by atoms with Crippen LogP contribution in [0.3, 0.4) is 0 Å². The zero-order valence-corrected chi connectivity index (χ0v) is 24.0. The Balaban J connectivity index is 1.83. The summed E-state index contributed by atoms with van der Waals surface area (Å²) in [4.78, 5) is 13.7. The van der Waals surface area contributed by atoms with Gasteiger partial charge in [0.25, 0.3) is 0 Å². The monoisotopic (exact) mass is 550 g/mol. The number of anilines is 1. The molecule has 1 aromatic carbocycles. The number of ether oxygens (including phenoxy) is 3. The maximum Gasteiger partial charge on any atom is 0.239 e. The molecule has 0 amide bonds. The minimum Gasteiger partial charge on any atom is -0.494 e. The largest absolute Gasteiger partial charge is 0.494 e. The van der Waals surface area contributed by atoms with Crippen LogP contribution < -0.4 is 24.2 Å². The summed E-state index contributed by atoms with van der Waals surface area (Å²) in [6.07, 6.45) is 3.66. The third-order valence-electron chi connectivity index (χ3n) is 6.17. The highest BCUT2D eigenvalue weighted by Crippen LogP contribution is 2.39. The van der Waals surface area contributed by atoms with E-state index in [1.54, 1.807) is 27.4 Å². The van der Waals surface area contributed by atoms with Gasteiger partial charge in [-0.2, -0.15) is 0 Å². The fourth-order valence-electron chi connectivity index (χ4n) is 4.19. The van der Waals surface area contributed by atoms with Gasteiger partial charge in [0.1, 0.15) is 28.7 Å². The third kappa shape index (κ3) is 5.86. The van der Waals surface area contributed by atoms with Crippen LogP contribution in [0.4, 0.5) is 5.95 Å². The van der Waals surface area contributed by atoms with Gasteiger partial charge < -0.3 is 24.2 Å². The Hall–Kier alpha value is -4.03. The zero-order valence-electron chi connectivity index (χ0n) is 23.2. The summed E-state index contributed by atoms with van der Waals surface area (Å²) in [7, 11) is 6.24. The molecule has 0 aliphatic heterocycles. The predicted octanol–water partition coefficient (Wildman–Crippen LogP) is 4.22. The number of rotatable bonds is 11. The molecule has 4 aromatic rings. The molecule has 0 spiro atoms. The standard InChI is InChI=1S/C27H34N8O3S/c1-8-39(18(3)23(28-4)25-29-15-17(2)16-30-25)34-27-33-32-26(19-11-9-14-22(31-19)38-7)35(27)24-20(36-5)12-10-13-21(24)37-6/h8-16,18,23,28H,1-7H3,(H,33,34)/t18-,23-,39?/m0/s1. The zero-order chi connectivity index (χ0) is 27.9. The number of aryl methyl sites for hydroxylation is 1. The molecule has 0 aliphatic carbocycles. The molecule has 3 atom stereocenters. The molecule has 0 radical (unpaired) electrons. The number of hydrogen-bond acceptors (Lipinski definition) is 10. The van der Waals surface area contributed by atoms with Crippen molar-refractivity contribution in [2.45, 2.75) is 32.1 Å². The molecular weight excluding hydrogens is 516 g/mol. The van der Waals surface area contributed by atoms with Gasteiger partial charge in [-0.3, -0.25) is 4.57 Å². The first-order valence-electron chi connectivity index (χ1n) is 12.4. The molecular formula is C27H34N8O3S. The van der Waals surface area contributed by atoms with E-state index in [9.17, 15) is 0 Å². The van der Waals surface area contributed by atoms with Crippen molar-refractivity contribution in [1.82, 2.24) is 35.0 Å². The maximum atomic E-state index is 5.74. The van der Waals surface area contributed by atoms with E-state index in [-0.39, 0.29) is 11.3 Å². The van der Waals surface area contributed by atoms with Crippen LogP contribution in [0.5, 0.6) is 17.4 Å². The second-order valence-corrected chi connectivity index (χ2v) is 10.7. The van der Waals surface area contributed by atoms with Gasteiger partial charge in [0.05, 0.1) is 27.4 Å². The molecule has 3 heterocycles. The SMILES string of the molecule is C/C=S(\Nc1nnc(-c2cccc(OC)n2)n1-c1c(OC)cccc1OC)[C@@H](C)[C@H](NC)c1ncc(C)cn1. The molecule has 0 saturated carbocycles. The smallest absolute Gasteiger partial charge is 0.239 e. The van der Waals surface area contributed by atoms with Crippen molar-refractivity contribution in [3.05, 3.63) is 60.2 Å². The third-order valence-corrected chi connectivity index (χ3v) is 8.17. The Bertz CT molecular complexity index is 1420. The number of hydrogen-bond donors (Lipinski definition) is 2. The lowest BCUT2D eigenvalue weighted by Crippen LogP contribution is -2.29. The molecule has 0 aliphatic rings. The molecule has 0 saturated heterocycles. The molecule has 206 valence electrons. The fourth-order valence-corrected chi connectivity index (χ4v) is 5.82. The van der Waals surface area contributed by atoms with Crippen molar-refractivity contribution in [3.63, 3.8) is 0 Å².